The summed E-state index contributed by atoms with van der Waals surface area (Å²) >= 11 is -2.41. The maximum atomic E-state index is 9.57. The van der Waals surface area contributed by atoms with E-state index in [0.717, 1.165) is 0 Å². The third kappa shape index (κ3) is 2.82. The summed E-state index contributed by atoms with van der Waals surface area (Å²) in [7, 11) is 8.58. The van der Waals surface area contributed by atoms with Gasteiger partial charge < -0.3 is 0 Å². The molecule has 0 aromatic heterocycles. The number of carbonyl (C=O) groups is 1. The Morgan fingerprint density at radius 1 is 1.67 bits per heavy atom. The van der Waals surface area contributed by atoms with Crippen LogP contribution in [0.4, 0.5) is 4.79 Å². The van der Waals surface area contributed by atoms with Crippen LogP contribution in [-0.2, 0) is 13.7 Å². The molecule has 0 aliphatic carbocycles. The topological polar surface area (TPSA) is 37.3 Å². The van der Waals surface area contributed by atoms with Gasteiger partial charge in [-0.1, -0.05) is 0 Å². The Morgan fingerprint density at radius 2 is 1.83 bits per heavy atom. The molecule has 0 radical (unpaired) electrons. The van der Waals surface area contributed by atoms with Gasteiger partial charge >= 0.3 is 47.6 Å². The van der Waals surface area contributed by atoms with Gasteiger partial charge in [-0.15, -0.1) is 0 Å². The van der Waals surface area contributed by atoms with Gasteiger partial charge in [-0.2, -0.15) is 0 Å². The Kier molecular flexibility index (Phi) is 2.99. The Balaban J connectivity index is 3.94. The van der Waals surface area contributed by atoms with Crippen molar-refractivity contribution in [3.05, 3.63) is 0 Å². The summed E-state index contributed by atoms with van der Waals surface area (Å²) in [5.41, 5.74) is 0. The Morgan fingerprint density at radius 3 is 1.83 bits per heavy atom. The molecule has 0 atom stereocenters. The van der Waals surface area contributed by atoms with Gasteiger partial charge in [0, 0.05) is 0 Å². The van der Waals surface area contributed by atoms with Gasteiger partial charge in [0.2, 0.25) is 0 Å². The first-order valence-corrected chi connectivity index (χ1v) is 7.55. The van der Waals surface area contributed by atoms with E-state index in [-0.39, 0.29) is 0 Å². The van der Waals surface area contributed by atoms with Crippen LogP contribution in [-0.4, -0.2) is 9.47 Å². The molecule has 6 heavy (non-hydrogen) atoms. The molecular formula is CHMoO2S2. The van der Waals surface area contributed by atoms with Crippen LogP contribution in [0.5, 0.6) is 0 Å². The molecule has 0 aliphatic rings. The first-order chi connectivity index (χ1) is 2.64. The Labute approximate surface area is 47.6 Å². The zero-order valence-corrected chi connectivity index (χ0v) is 6.22. The number of rotatable bonds is 1. The molecule has 1 N–H and O–H groups in total. The number of hydrogen-bond acceptors (Lipinski definition) is 3. The fourth-order valence-electron chi connectivity index (χ4n) is 0. The van der Waals surface area contributed by atoms with E-state index in [4.69, 9.17) is 5.11 Å². The van der Waals surface area contributed by atoms with Crippen molar-refractivity contribution >= 4 is 24.0 Å². The number of carboxylic acid groups (broad SMARTS) is 1. The van der Waals surface area contributed by atoms with Gasteiger partial charge in [-0.25, -0.2) is 0 Å². The van der Waals surface area contributed by atoms with E-state index in [9.17, 15) is 4.79 Å². The Bertz CT molecular complexity index is 118. The van der Waals surface area contributed by atoms with Gasteiger partial charge in [0.15, 0.2) is 0 Å². The van der Waals surface area contributed by atoms with Crippen molar-refractivity contribution in [3.8, 4) is 0 Å². The SMILES string of the molecule is O=[C](O)[Mo](=[S])=[S]. The predicted molar refractivity (Wildman–Crippen MR) is 23.2 cm³/mol. The van der Waals surface area contributed by atoms with Crippen LogP contribution in [0.1, 0.15) is 0 Å². The molecule has 35 valence electrons. The Hall–Kier alpha value is 0.598. The van der Waals surface area contributed by atoms with Crippen LogP contribution in [0.15, 0.2) is 0 Å². The van der Waals surface area contributed by atoms with Crippen molar-refractivity contribution in [2.45, 2.75) is 0 Å². The van der Waals surface area contributed by atoms with Gasteiger partial charge in [0.05, 0.1) is 0 Å². The fourth-order valence-corrected chi connectivity index (χ4v) is 0. The van der Waals surface area contributed by atoms with Crippen molar-refractivity contribution in [2.24, 2.45) is 0 Å². The van der Waals surface area contributed by atoms with E-state index in [1.54, 1.807) is 0 Å². The van der Waals surface area contributed by atoms with Crippen molar-refractivity contribution < 1.29 is 23.6 Å². The van der Waals surface area contributed by atoms with Crippen LogP contribution in [0.2, 0.25) is 0 Å². The molecule has 0 aromatic carbocycles. The molecule has 0 heterocycles. The van der Waals surface area contributed by atoms with Crippen molar-refractivity contribution in [2.75, 3.05) is 0 Å². The summed E-state index contributed by atoms with van der Waals surface area (Å²) in [5.74, 6) is 0. The predicted octanol–water partition coefficient (Wildman–Crippen LogP) is 1.51. The zero-order chi connectivity index (χ0) is 5.15. The fraction of sp³-hybridized carbons (Fsp3) is 0. The van der Waals surface area contributed by atoms with E-state index in [1.165, 1.54) is 0 Å². The first-order valence-electron chi connectivity index (χ1n) is 0.965. The van der Waals surface area contributed by atoms with E-state index in [1.807, 2.05) is 0 Å². The average molecular weight is 205 g/mol. The van der Waals surface area contributed by atoms with Crippen molar-refractivity contribution in [1.82, 2.24) is 0 Å². The van der Waals surface area contributed by atoms with Crippen molar-refractivity contribution in [3.63, 3.8) is 0 Å². The molecule has 0 aliphatic heterocycles. The van der Waals surface area contributed by atoms with E-state index in [0.29, 0.717) is 0 Å². The first kappa shape index (κ1) is 6.60. The van der Waals surface area contributed by atoms with Crippen molar-refractivity contribution in [1.29, 1.82) is 0 Å². The molecule has 0 bridgehead atoms. The van der Waals surface area contributed by atoms with Crippen LogP contribution < -0.4 is 0 Å². The molecule has 0 rings (SSSR count). The van der Waals surface area contributed by atoms with Crippen LogP contribution in [0.3, 0.4) is 0 Å². The van der Waals surface area contributed by atoms with Gasteiger partial charge in [-0.3, -0.25) is 0 Å². The minimum atomic E-state index is -2.41. The second kappa shape index (κ2) is 2.72. The van der Waals surface area contributed by atoms with Crippen LogP contribution in [0, 0.1) is 0 Å². The quantitative estimate of drug-likeness (QED) is 0.658. The second-order valence-corrected chi connectivity index (χ2v) is 7.71. The van der Waals surface area contributed by atoms with Crippen LogP contribution in [0.25, 0.3) is 0 Å². The summed E-state index contributed by atoms with van der Waals surface area (Å²) in [6.07, 6.45) is 0. The summed E-state index contributed by atoms with van der Waals surface area (Å²) in [6.45, 7) is 0. The third-order valence-corrected chi connectivity index (χ3v) is 2.53. The number of hydrogen-bond donors (Lipinski definition) is 1. The van der Waals surface area contributed by atoms with E-state index < -0.39 is 18.0 Å². The maximum absolute atomic E-state index is 9.57. The normalized spacial score (nSPS) is 7.33. The molecule has 2 nitrogen and oxygen atoms in total. The summed E-state index contributed by atoms with van der Waals surface area (Å²) in [5, 5.41) is 7.86. The molecule has 0 fully saturated rings. The van der Waals surface area contributed by atoms with Gasteiger partial charge in [0.25, 0.3) is 0 Å². The summed E-state index contributed by atoms with van der Waals surface area (Å²) in [6, 6.07) is 0. The molecule has 0 unspecified atom stereocenters. The molecule has 0 saturated carbocycles. The monoisotopic (exact) mass is 207 g/mol. The molecule has 0 saturated heterocycles. The summed E-state index contributed by atoms with van der Waals surface area (Å²) in [4.78, 5) is 9.57. The molecule has 0 spiro atoms. The molecule has 0 amide bonds. The average Bonchev–Trinajstić information content (AvgIpc) is 1.36. The third-order valence-electron chi connectivity index (χ3n) is 0.143. The van der Waals surface area contributed by atoms with Gasteiger partial charge in [-0.05, 0) is 0 Å². The summed E-state index contributed by atoms with van der Waals surface area (Å²) < 4.78 is -0.941. The van der Waals surface area contributed by atoms with E-state index in [2.05, 4.69) is 19.6 Å². The minimum absolute atomic E-state index is 0.941. The molecule has 0 aromatic rings. The zero-order valence-electron chi connectivity index (χ0n) is 2.58. The second-order valence-electron chi connectivity index (χ2n) is 0.501. The molecular weight excluding hydrogens is 204 g/mol. The molecule has 5 heteroatoms. The van der Waals surface area contributed by atoms with Crippen LogP contribution >= 0.6 is 19.6 Å². The van der Waals surface area contributed by atoms with Gasteiger partial charge in [0.1, 0.15) is 0 Å². The standard InChI is InChI=1S/CHO2.Mo.2S/c2-1-3;;;/h(H,2,3);;;. The van der Waals surface area contributed by atoms with E-state index >= 15 is 0 Å².